The zero-order valence-corrected chi connectivity index (χ0v) is 14.2. The number of aliphatic hydroxyl groups is 1. The Morgan fingerprint density at radius 2 is 2.07 bits per heavy atom. The molecule has 1 aliphatic heterocycles. The second-order valence-corrected chi connectivity index (χ2v) is 6.40. The van der Waals surface area contributed by atoms with Crippen molar-refractivity contribution in [1.29, 1.82) is 0 Å². The first-order valence-corrected chi connectivity index (χ1v) is 8.54. The zero-order chi connectivity index (χ0) is 19.0. The molecule has 2 aliphatic rings. The van der Waals surface area contributed by atoms with Crippen molar-refractivity contribution in [3.05, 3.63) is 47.5 Å². The Kier molecular flexibility index (Phi) is 4.35. The summed E-state index contributed by atoms with van der Waals surface area (Å²) in [4.78, 5) is 12.1. The Bertz CT molecular complexity index is 886. The molecule has 0 bridgehead atoms. The summed E-state index contributed by atoms with van der Waals surface area (Å²) < 4.78 is 40.3. The highest BCUT2D eigenvalue weighted by atomic mass is 19.3. The molecule has 0 unspecified atom stereocenters. The van der Waals surface area contributed by atoms with Crippen molar-refractivity contribution in [1.82, 2.24) is 0 Å². The van der Waals surface area contributed by atoms with Gasteiger partial charge in [0.1, 0.15) is 5.75 Å². The Balaban J connectivity index is 1.40. The van der Waals surface area contributed by atoms with Crippen LogP contribution in [0.15, 0.2) is 36.4 Å². The van der Waals surface area contributed by atoms with Gasteiger partial charge in [-0.3, -0.25) is 4.79 Å². The maximum atomic E-state index is 13.0. The summed E-state index contributed by atoms with van der Waals surface area (Å²) in [5.41, 5.74) is 2.03. The van der Waals surface area contributed by atoms with Gasteiger partial charge >= 0.3 is 6.29 Å². The van der Waals surface area contributed by atoms with Crippen LogP contribution in [0.3, 0.4) is 0 Å². The standard InChI is InChI=1S/C19H17F2NO5/c20-19(21)26-16-8-7-11(9-17(16)27-19)22-18(24)10-25-15-6-2-3-12-13(15)4-1-5-14(12)23/h2-3,6-9,14,23H,1,4-5,10H2,(H,22,24)/t14-/m0/s1. The van der Waals surface area contributed by atoms with E-state index in [-0.39, 0.29) is 23.8 Å². The molecule has 8 heteroatoms. The molecule has 0 spiro atoms. The highest BCUT2D eigenvalue weighted by Crippen LogP contribution is 2.42. The van der Waals surface area contributed by atoms with Gasteiger partial charge in [0.25, 0.3) is 5.91 Å². The maximum absolute atomic E-state index is 13.0. The van der Waals surface area contributed by atoms with E-state index in [0.29, 0.717) is 12.2 Å². The molecule has 2 N–H and O–H groups in total. The van der Waals surface area contributed by atoms with Crippen LogP contribution in [0.2, 0.25) is 0 Å². The van der Waals surface area contributed by atoms with Gasteiger partial charge in [-0.25, -0.2) is 0 Å². The summed E-state index contributed by atoms with van der Waals surface area (Å²) in [6.45, 7) is -0.253. The number of ether oxygens (including phenoxy) is 3. The predicted molar refractivity (Wildman–Crippen MR) is 91.1 cm³/mol. The lowest BCUT2D eigenvalue weighted by molar-refractivity contribution is -0.286. The summed E-state index contributed by atoms with van der Waals surface area (Å²) in [7, 11) is 0. The number of benzene rings is 2. The molecule has 0 fully saturated rings. The van der Waals surface area contributed by atoms with Gasteiger partial charge in [0.05, 0.1) is 6.10 Å². The zero-order valence-electron chi connectivity index (χ0n) is 14.2. The van der Waals surface area contributed by atoms with Gasteiger partial charge in [-0.05, 0) is 48.6 Å². The fraction of sp³-hybridized carbons (Fsp3) is 0.316. The van der Waals surface area contributed by atoms with Crippen LogP contribution >= 0.6 is 0 Å². The Labute approximate surface area is 153 Å². The fourth-order valence-electron chi connectivity index (χ4n) is 3.29. The first-order chi connectivity index (χ1) is 12.9. The minimum Gasteiger partial charge on any atom is -0.483 e. The highest BCUT2D eigenvalue weighted by molar-refractivity contribution is 5.92. The molecule has 1 aliphatic carbocycles. The number of carbonyl (C=O) groups is 1. The molecule has 0 saturated heterocycles. The summed E-state index contributed by atoms with van der Waals surface area (Å²) in [5.74, 6) is -0.130. The van der Waals surface area contributed by atoms with E-state index in [0.717, 1.165) is 24.0 Å². The molecule has 142 valence electrons. The number of aliphatic hydroxyl groups excluding tert-OH is 1. The van der Waals surface area contributed by atoms with E-state index in [2.05, 4.69) is 14.8 Å². The normalized spacial score (nSPS) is 19.3. The summed E-state index contributed by atoms with van der Waals surface area (Å²) in [5, 5.41) is 12.6. The Morgan fingerprint density at radius 1 is 1.26 bits per heavy atom. The molecule has 6 nitrogen and oxygen atoms in total. The van der Waals surface area contributed by atoms with E-state index in [1.807, 2.05) is 6.07 Å². The minimum atomic E-state index is -3.70. The number of carbonyl (C=O) groups excluding carboxylic acids is 1. The van der Waals surface area contributed by atoms with Crippen molar-refractivity contribution < 1.29 is 32.9 Å². The topological polar surface area (TPSA) is 77.0 Å². The molecule has 2 aromatic carbocycles. The number of fused-ring (bicyclic) bond motifs is 2. The average Bonchev–Trinajstić information content (AvgIpc) is 2.93. The number of hydrogen-bond donors (Lipinski definition) is 2. The van der Waals surface area contributed by atoms with Gasteiger partial charge in [0, 0.05) is 11.8 Å². The number of nitrogens with one attached hydrogen (secondary N) is 1. The Morgan fingerprint density at radius 3 is 2.93 bits per heavy atom. The van der Waals surface area contributed by atoms with Gasteiger partial charge in [-0.1, -0.05) is 12.1 Å². The smallest absolute Gasteiger partial charge is 0.483 e. The number of anilines is 1. The largest absolute Gasteiger partial charge is 0.586 e. The monoisotopic (exact) mass is 377 g/mol. The van der Waals surface area contributed by atoms with Crippen molar-refractivity contribution in [3.8, 4) is 17.2 Å². The summed E-state index contributed by atoms with van der Waals surface area (Å²) >= 11 is 0. The first-order valence-electron chi connectivity index (χ1n) is 8.54. The van der Waals surface area contributed by atoms with Gasteiger partial charge in [0.15, 0.2) is 18.1 Å². The van der Waals surface area contributed by atoms with Crippen LogP contribution in [-0.2, 0) is 11.2 Å². The first kappa shape index (κ1) is 17.5. The van der Waals surface area contributed by atoms with E-state index >= 15 is 0 Å². The van der Waals surface area contributed by atoms with Gasteiger partial charge in [-0.2, -0.15) is 0 Å². The number of halogens is 2. The van der Waals surface area contributed by atoms with E-state index in [9.17, 15) is 18.7 Å². The van der Waals surface area contributed by atoms with E-state index in [1.165, 1.54) is 18.2 Å². The molecule has 1 atom stereocenters. The van der Waals surface area contributed by atoms with Crippen LogP contribution in [0.1, 0.15) is 30.1 Å². The molecular weight excluding hydrogens is 360 g/mol. The molecule has 1 heterocycles. The summed E-state index contributed by atoms with van der Waals surface area (Å²) in [6.07, 6.45) is -1.88. The molecule has 0 aromatic heterocycles. The number of hydrogen-bond acceptors (Lipinski definition) is 5. The van der Waals surface area contributed by atoms with Crippen molar-refractivity contribution in [3.63, 3.8) is 0 Å². The number of rotatable bonds is 4. The van der Waals surface area contributed by atoms with Gasteiger partial charge in [-0.15, -0.1) is 8.78 Å². The molecule has 1 amide bonds. The van der Waals surface area contributed by atoms with Crippen LogP contribution in [0, 0.1) is 0 Å². The SMILES string of the molecule is O=C(COc1cccc2c1CCC[C@@H]2O)Nc1ccc2c(c1)OC(F)(F)O2. The molecule has 2 aromatic rings. The van der Waals surface area contributed by atoms with Crippen LogP contribution in [0.25, 0.3) is 0 Å². The van der Waals surface area contributed by atoms with Crippen molar-refractivity contribution in [2.45, 2.75) is 31.7 Å². The van der Waals surface area contributed by atoms with Crippen LogP contribution in [0.5, 0.6) is 17.2 Å². The highest BCUT2D eigenvalue weighted by Gasteiger charge is 2.43. The van der Waals surface area contributed by atoms with E-state index in [1.54, 1.807) is 12.1 Å². The van der Waals surface area contributed by atoms with Crippen molar-refractivity contribution >= 4 is 11.6 Å². The molecule has 27 heavy (non-hydrogen) atoms. The lowest BCUT2D eigenvalue weighted by Crippen LogP contribution is -2.25. The van der Waals surface area contributed by atoms with Gasteiger partial charge in [0.2, 0.25) is 0 Å². The molecule has 4 rings (SSSR count). The van der Waals surface area contributed by atoms with Crippen LogP contribution in [-0.4, -0.2) is 23.9 Å². The van der Waals surface area contributed by atoms with E-state index in [4.69, 9.17) is 4.74 Å². The lowest BCUT2D eigenvalue weighted by atomic mass is 9.89. The second kappa shape index (κ2) is 6.70. The number of alkyl halides is 2. The van der Waals surface area contributed by atoms with Crippen LogP contribution in [0.4, 0.5) is 14.5 Å². The second-order valence-electron chi connectivity index (χ2n) is 6.40. The molecule has 0 radical (unpaired) electrons. The Hall–Kier alpha value is -2.87. The third kappa shape index (κ3) is 3.66. The van der Waals surface area contributed by atoms with Crippen molar-refractivity contribution in [2.24, 2.45) is 0 Å². The third-order valence-electron chi connectivity index (χ3n) is 4.48. The average molecular weight is 377 g/mol. The van der Waals surface area contributed by atoms with E-state index < -0.39 is 18.3 Å². The molecular formula is C19H17F2NO5. The number of amides is 1. The predicted octanol–water partition coefficient (Wildman–Crippen LogP) is 3.40. The summed E-state index contributed by atoms with van der Waals surface area (Å²) in [6, 6.07) is 9.37. The van der Waals surface area contributed by atoms with Crippen molar-refractivity contribution in [2.75, 3.05) is 11.9 Å². The van der Waals surface area contributed by atoms with Gasteiger partial charge < -0.3 is 24.6 Å². The van der Waals surface area contributed by atoms with Crippen LogP contribution < -0.4 is 19.5 Å². The lowest BCUT2D eigenvalue weighted by Gasteiger charge is -2.23. The fourth-order valence-corrected chi connectivity index (χ4v) is 3.29. The third-order valence-corrected chi connectivity index (χ3v) is 4.48. The maximum Gasteiger partial charge on any atom is 0.586 e. The quantitative estimate of drug-likeness (QED) is 0.854. The molecule has 0 saturated carbocycles. The minimum absolute atomic E-state index is 0.0938.